The Bertz CT molecular complexity index is 4870. The lowest BCUT2D eigenvalue weighted by atomic mass is 10.2. The highest BCUT2D eigenvalue weighted by atomic mass is 15.1. The largest absolute Gasteiger partial charge is 0.397 e. The Kier molecular flexibility index (Phi) is 41.8. The molecule has 0 radical (unpaired) electrons. The molecule has 0 unspecified atom stereocenters. The molecule has 624 valence electrons. The van der Waals surface area contributed by atoms with Crippen molar-refractivity contribution in [3.8, 4) is 0 Å². The van der Waals surface area contributed by atoms with Crippen molar-refractivity contribution in [3.05, 3.63) is 534 Å². The van der Waals surface area contributed by atoms with Gasteiger partial charge >= 0.3 is 0 Å². The summed E-state index contributed by atoms with van der Waals surface area (Å²) < 4.78 is 0. The van der Waals surface area contributed by atoms with E-state index in [1.54, 1.807) is 18.2 Å². The van der Waals surface area contributed by atoms with Crippen LogP contribution in [0, 0.1) is 0 Å². The molecular formula is C108H92N20. The minimum absolute atomic E-state index is 0.460. The summed E-state index contributed by atoms with van der Waals surface area (Å²) in [6, 6.07) is 170. The molecule has 0 fully saturated rings. The smallest absolute Gasteiger partial charge is 0.111 e. The summed E-state index contributed by atoms with van der Waals surface area (Å²) in [5.74, 6) is 0. The van der Waals surface area contributed by atoms with E-state index < -0.39 is 0 Å². The Hall–Kier alpha value is -18.0. The minimum Gasteiger partial charge on any atom is -0.397 e. The van der Waals surface area contributed by atoms with E-state index in [2.05, 4.69) is 92.1 Å². The van der Waals surface area contributed by atoms with Crippen LogP contribution in [0.4, 0.5) is 114 Å². The fraction of sp³-hybridized carbons (Fsp3) is 0. The zero-order valence-electron chi connectivity index (χ0n) is 70.0. The number of anilines is 2. The first-order valence-electron chi connectivity index (χ1n) is 40.6. The lowest BCUT2D eigenvalue weighted by Gasteiger charge is -2.01. The molecule has 20 nitrogen and oxygen atoms in total. The molecule has 0 bridgehead atoms. The highest BCUT2D eigenvalue weighted by Crippen LogP contribution is 2.30. The van der Waals surface area contributed by atoms with Crippen molar-refractivity contribution in [1.82, 2.24) is 0 Å². The van der Waals surface area contributed by atoms with E-state index in [9.17, 15) is 0 Å². The third-order valence-corrected chi connectivity index (χ3v) is 16.5. The Labute approximate surface area is 746 Å². The van der Waals surface area contributed by atoms with Gasteiger partial charge in [-0.05, 0) is 218 Å². The second kappa shape index (κ2) is 58.0. The maximum atomic E-state index is 5.77. The molecule has 18 rings (SSSR count). The maximum absolute atomic E-state index is 5.77. The van der Waals surface area contributed by atoms with Crippen molar-refractivity contribution in [1.29, 1.82) is 0 Å². The van der Waals surface area contributed by atoms with Crippen LogP contribution in [-0.4, -0.2) is 0 Å². The lowest BCUT2D eigenvalue weighted by Crippen LogP contribution is -1.93. The van der Waals surface area contributed by atoms with Gasteiger partial charge in [-0.1, -0.05) is 315 Å². The van der Waals surface area contributed by atoms with Gasteiger partial charge in [0.2, 0.25) is 0 Å². The summed E-state index contributed by atoms with van der Waals surface area (Å²) in [7, 11) is 0. The number of nitrogen functional groups attached to an aromatic ring is 2. The van der Waals surface area contributed by atoms with Gasteiger partial charge in [0, 0.05) is 0 Å². The summed E-state index contributed by atoms with van der Waals surface area (Å²) in [6.45, 7) is 0. The summed E-state index contributed by atoms with van der Waals surface area (Å²) >= 11 is 0. The second-order valence-corrected chi connectivity index (χ2v) is 26.3. The summed E-state index contributed by atoms with van der Waals surface area (Å²) in [6.07, 6.45) is 0. The summed E-state index contributed by atoms with van der Waals surface area (Å²) in [4.78, 5) is 0. The molecule has 0 heterocycles. The predicted octanol–water partition coefficient (Wildman–Crippen LogP) is 36.1. The van der Waals surface area contributed by atoms with Crippen LogP contribution in [0.3, 0.4) is 0 Å². The SMILES string of the molecule is Nc1cccc(N=Nc2ccccc2)c1N.c1ccc(N=Nc2ccccc2)cc1.c1ccc(N=Nc2ccccc2)cc1.c1ccc(N=Nc2ccccc2)cc1.c1ccc(N=Nc2ccccc2)cc1.c1ccc(N=Nc2ccccc2)cc1.c1ccc(N=Nc2ccccc2)cc1.c1ccc(N=Nc2ccccc2)cc1.c1ccc(N=Nc2ccccc2)cc1. The molecule has 0 aliphatic carbocycles. The molecule has 0 aromatic heterocycles. The van der Waals surface area contributed by atoms with Crippen LogP contribution < -0.4 is 11.5 Å². The van der Waals surface area contributed by atoms with E-state index in [-0.39, 0.29) is 0 Å². The van der Waals surface area contributed by atoms with Crippen LogP contribution in [-0.2, 0) is 0 Å². The van der Waals surface area contributed by atoms with Gasteiger partial charge in [0.05, 0.1) is 108 Å². The Balaban J connectivity index is 0.000000150. The van der Waals surface area contributed by atoms with Crippen LogP contribution in [0.1, 0.15) is 0 Å². The van der Waals surface area contributed by atoms with Gasteiger partial charge in [0.1, 0.15) is 5.69 Å². The molecule has 0 aliphatic heterocycles. The standard InChI is InChI=1S/C12H12N4.8C12H10N2/c13-10-7-4-8-11(12(10)14)16-15-9-5-2-1-3-6-9;8*1-3-7-11(8-4-1)13-14-12-9-5-2-6-10-12/h1-8H,13-14H2;8*1-10H. The number of para-hydroxylation sites is 1. The quantitative estimate of drug-likeness (QED) is 0.0626. The van der Waals surface area contributed by atoms with Gasteiger partial charge in [0.15, 0.2) is 0 Å². The van der Waals surface area contributed by atoms with Crippen LogP contribution in [0.25, 0.3) is 0 Å². The monoisotopic (exact) mass is 1670 g/mol. The first kappa shape index (κ1) is 92.3. The number of hydrogen-bond acceptors (Lipinski definition) is 20. The molecule has 18 aromatic carbocycles. The van der Waals surface area contributed by atoms with E-state index in [0.29, 0.717) is 17.1 Å². The summed E-state index contributed by atoms with van der Waals surface area (Å²) in [5.41, 5.74) is 27.7. The molecular weight excluding hydrogens is 1580 g/mol. The van der Waals surface area contributed by atoms with E-state index in [1.165, 1.54) is 0 Å². The van der Waals surface area contributed by atoms with E-state index in [0.717, 1.165) is 96.7 Å². The third-order valence-electron chi connectivity index (χ3n) is 16.5. The molecule has 0 spiro atoms. The Morgan fingerprint density at radius 3 is 0.289 bits per heavy atom. The average molecular weight is 1670 g/mol. The zero-order chi connectivity index (χ0) is 88.5. The van der Waals surface area contributed by atoms with Gasteiger partial charge in [0.25, 0.3) is 0 Å². The van der Waals surface area contributed by atoms with Crippen molar-refractivity contribution in [2.75, 3.05) is 11.5 Å². The van der Waals surface area contributed by atoms with Crippen molar-refractivity contribution < 1.29 is 0 Å². The van der Waals surface area contributed by atoms with E-state index >= 15 is 0 Å². The molecule has 0 aliphatic rings. The number of nitrogens with two attached hydrogens (primary N) is 2. The van der Waals surface area contributed by atoms with Gasteiger partial charge < -0.3 is 11.5 Å². The Morgan fingerprint density at radius 1 is 0.0938 bits per heavy atom. The fourth-order valence-corrected chi connectivity index (χ4v) is 10.1. The topological polar surface area (TPSA) is 275 Å². The minimum atomic E-state index is 0.460. The normalized spacial score (nSPS) is 10.6. The molecule has 4 N–H and O–H groups in total. The average Bonchev–Trinajstić information content (AvgIpc) is 0.864. The van der Waals surface area contributed by atoms with Gasteiger partial charge in [-0.15, -0.1) is 5.11 Å². The van der Waals surface area contributed by atoms with Crippen molar-refractivity contribution in [2.24, 2.45) is 92.1 Å². The van der Waals surface area contributed by atoms with Crippen LogP contribution in [0.5, 0.6) is 0 Å². The van der Waals surface area contributed by atoms with E-state index in [1.807, 2.05) is 516 Å². The lowest BCUT2D eigenvalue weighted by molar-refractivity contribution is 1.23. The van der Waals surface area contributed by atoms with Crippen LogP contribution in [0.2, 0.25) is 0 Å². The van der Waals surface area contributed by atoms with Crippen molar-refractivity contribution in [2.45, 2.75) is 0 Å². The molecule has 0 amide bonds. The number of benzene rings is 18. The van der Waals surface area contributed by atoms with Gasteiger partial charge in [-0.25, -0.2) is 0 Å². The molecule has 0 saturated heterocycles. The van der Waals surface area contributed by atoms with Gasteiger partial charge in [-0.3, -0.25) is 0 Å². The highest BCUT2D eigenvalue weighted by molar-refractivity contribution is 5.76. The molecule has 0 saturated carbocycles. The first-order chi connectivity index (χ1) is 63.4. The summed E-state index contributed by atoms with van der Waals surface area (Å²) in [5, 5.41) is 73.7. The second-order valence-electron chi connectivity index (χ2n) is 26.3. The molecule has 128 heavy (non-hydrogen) atoms. The first-order valence-corrected chi connectivity index (χ1v) is 40.6. The fourth-order valence-electron chi connectivity index (χ4n) is 10.1. The number of rotatable bonds is 18. The molecule has 20 heteroatoms. The zero-order valence-corrected chi connectivity index (χ0v) is 70.0. The Morgan fingerprint density at radius 2 is 0.188 bits per heavy atom. The number of nitrogens with zero attached hydrogens (tertiary/aromatic N) is 18. The third kappa shape index (κ3) is 39.4. The van der Waals surface area contributed by atoms with E-state index in [4.69, 9.17) is 11.5 Å². The van der Waals surface area contributed by atoms with Crippen molar-refractivity contribution in [3.63, 3.8) is 0 Å². The van der Waals surface area contributed by atoms with Crippen LogP contribution in [0.15, 0.2) is 626 Å². The highest BCUT2D eigenvalue weighted by Gasteiger charge is 2.01. The number of hydrogen-bond donors (Lipinski definition) is 2. The number of azo groups is 9. The molecule has 0 atom stereocenters. The predicted molar refractivity (Wildman–Crippen MR) is 522 cm³/mol. The van der Waals surface area contributed by atoms with Gasteiger partial charge in [-0.2, -0.15) is 86.9 Å². The maximum Gasteiger partial charge on any atom is 0.111 e. The molecule has 18 aromatic rings. The van der Waals surface area contributed by atoms with Crippen LogP contribution >= 0.6 is 0 Å². The van der Waals surface area contributed by atoms with Crippen molar-refractivity contribution >= 4 is 114 Å².